The highest BCUT2D eigenvalue weighted by Crippen LogP contribution is 2.14. The average Bonchev–Trinajstić information content (AvgIpc) is 2.14. The molecular formula is C10H8BrFN2. The lowest BCUT2D eigenvalue weighted by Crippen LogP contribution is -2.01. The van der Waals surface area contributed by atoms with Crippen molar-refractivity contribution in [3.05, 3.63) is 40.6 Å². The molecule has 0 atom stereocenters. The Labute approximate surface area is 90.2 Å². The molecule has 72 valence electrons. The molecule has 0 aromatic heterocycles. The van der Waals surface area contributed by atoms with E-state index < -0.39 is 5.82 Å². The first-order chi connectivity index (χ1) is 6.61. The van der Waals surface area contributed by atoms with Crippen LogP contribution in [-0.4, -0.2) is 6.54 Å². The summed E-state index contributed by atoms with van der Waals surface area (Å²) in [7, 11) is 0. The Morgan fingerprint density at radius 3 is 2.86 bits per heavy atom. The van der Waals surface area contributed by atoms with Crippen LogP contribution in [0.2, 0.25) is 0 Å². The van der Waals surface area contributed by atoms with Gasteiger partial charge in [0.2, 0.25) is 0 Å². The molecule has 4 heteroatoms. The van der Waals surface area contributed by atoms with E-state index in [0.29, 0.717) is 17.8 Å². The van der Waals surface area contributed by atoms with Crippen LogP contribution in [0.25, 0.3) is 0 Å². The lowest BCUT2D eigenvalue weighted by molar-refractivity contribution is 0.628. The maximum Gasteiger partial charge on any atom is 0.126 e. The molecule has 0 saturated heterocycles. The van der Waals surface area contributed by atoms with E-state index in [1.807, 2.05) is 6.07 Å². The van der Waals surface area contributed by atoms with Crippen LogP contribution in [0.1, 0.15) is 5.56 Å². The van der Waals surface area contributed by atoms with E-state index in [1.54, 1.807) is 6.07 Å². The Hall–Kier alpha value is -1.34. The summed E-state index contributed by atoms with van der Waals surface area (Å²) in [6, 6.07) is 5.98. The molecule has 1 aromatic rings. The van der Waals surface area contributed by atoms with Crippen LogP contribution in [0.15, 0.2) is 29.3 Å². The van der Waals surface area contributed by atoms with Crippen molar-refractivity contribution in [1.82, 2.24) is 0 Å². The van der Waals surface area contributed by atoms with Crippen LogP contribution in [0.5, 0.6) is 0 Å². The van der Waals surface area contributed by atoms with E-state index in [0.717, 1.165) is 4.48 Å². The van der Waals surface area contributed by atoms with E-state index in [2.05, 4.69) is 27.8 Å². The molecule has 0 radical (unpaired) electrons. The first-order valence-electron chi connectivity index (χ1n) is 3.89. The SMILES string of the molecule is C=C(Br)CNc1cc(F)cc(C#N)c1. The van der Waals surface area contributed by atoms with Crippen LogP contribution < -0.4 is 5.32 Å². The Balaban J connectivity index is 2.82. The number of benzene rings is 1. The molecule has 0 heterocycles. The predicted molar refractivity (Wildman–Crippen MR) is 57.7 cm³/mol. The van der Waals surface area contributed by atoms with E-state index >= 15 is 0 Å². The summed E-state index contributed by atoms with van der Waals surface area (Å²) in [6.45, 7) is 4.12. The number of hydrogen-bond acceptors (Lipinski definition) is 2. The lowest BCUT2D eigenvalue weighted by Gasteiger charge is -2.05. The number of nitriles is 1. The molecule has 14 heavy (non-hydrogen) atoms. The summed E-state index contributed by atoms with van der Waals surface area (Å²) in [4.78, 5) is 0. The van der Waals surface area contributed by atoms with Gasteiger partial charge in [-0.2, -0.15) is 5.26 Å². The van der Waals surface area contributed by atoms with Gasteiger partial charge in [0.15, 0.2) is 0 Å². The van der Waals surface area contributed by atoms with Gasteiger partial charge < -0.3 is 5.32 Å². The van der Waals surface area contributed by atoms with Gasteiger partial charge in [0.1, 0.15) is 5.82 Å². The first-order valence-corrected chi connectivity index (χ1v) is 4.69. The van der Waals surface area contributed by atoms with Crippen LogP contribution in [0, 0.1) is 17.1 Å². The van der Waals surface area contributed by atoms with Crippen LogP contribution >= 0.6 is 15.9 Å². The molecule has 1 N–H and O–H groups in total. The molecule has 0 saturated carbocycles. The number of halogens is 2. The molecular weight excluding hydrogens is 247 g/mol. The fraction of sp³-hybridized carbons (Fsp3) is 0.100. The number of nitrogens with zero attached hydrogens (tertiary/aromatic N) is 1. The number of rotatable bonds is 3. The summed E-state index contributed by atoms with van der Waals surface area (Å²) in [5.74, 6) is -0.424. The monoisotopic (exact) mass is 254 g/mol. The largest absolute Gasteiger partial charge is 0.380 e. The first kappa shape index (κ1) is 10.7. The van der Waals surface area contributed by atoms with E-state index in [1.165, 1.54) is 12.1 Å². The predicted octanol–water partition coefficient (Wildman–Crippen LogP) is 3.02. The van der Waals surface area contributed by atoms with Crippen LogP contribution in [0.3, 0.4) is 0 Å². The highest BCUT2D eigenvalue weighted by Gasteiger charge is 1.99. The standard InChI is InChI=1S/C10H8BrFN2/c1-7(11)6-14-10-3-8(5-13)2-9(12)4-10/h2-4,14H,1,6H2. The quantitative estimate of drug-likeness (QED) is 0.901. The maximum absolute atomic E-state index is 12.9. The van der Waals surface area contributed by atoms with Gasteiger partial charge in [-0.05, 0) is 18.2 Å². The second kappa shape index (κ2) is 4.77. The minimum Gasteiger partial charge on any atom is -0.380 e. The van der Waals surface area contributed by atoms with Crippen molar-refractivity contribution in [3.63, 3.8) is 0 Å². The minimum absolute atomic E-state index is 0.299. The smallest absolute Gasteiger partial charge is 0.126 e. The molecule has 0 unspecified atom stereocenters. The zero-order valence-electron chi connectivity index (χ0n) is 7.35. The summed E-state index contributed by atoms with van der Waals surface area (Å²) >= 11 is 3.17. The summed E-state index contributed by atoms with van der Waals surface area (Å²) in [6.07, 6.45) is 0. The summed E-state index contributed by atoms with van der Waals surface area (Å²) in [5.41, 5.74) is 0.870. The van der Waals surface area contributed by atoms with Crippen molar-refractivity contribution < 1.29 is 4.39 Å². The number of nitrogens with one attached hydrogen (secondary N) is 1. The molecule has 0 aliphatic carbocycles. The molecule has 0 aliphatic rings. The van der Waals surface area contributed by atoms with Gasteiger partial charge >= 0.3 is 0 Å². The third-order valence-corrected chi connectivity index (χ3v) is 1.79. The van der Waals surface area contributed by atoms with E-state index in [4.69, 9.17) is 5.26 Å². The van der Waals surface area contributed by atoms with Crippen molar-refractivity contribution in [2.75, 3.05) is 11.9 Å². The molecule has 0 aliphatic heterocycles. The van der Waals surface area contributed by atoms with Crippen molar-refractivity contribution in [1.29, 1.82) is 5.26 Å². The molecule has 0 fully saturated rings. The lowest BCUT2D eigenvalue weighted by atomic mass is 10.2. The second-order valence-corrected chi connectivity index (χ2v) is 3.83. The molecule has 0 bridgehead atoms. The van der Waals surface area contributed by atoms with Gasteiger partial charge in [-0.25, -0.2) is 4.39 Å². The third kappa shape index (κ3) is 3.19. The average molecular weight is 255 g/mol. The molecule has 0 spiro atoms. The van der Waals surface area contributed by atoms with Gasteiger partial charge in [-0.15, -0.1) is 0 Å². The Bertz CT molecular complexity index is 396. The highest BCUT2D eigenvalue weighted by molar-refractivity contribution is 9.11. The van der Waals surface area contributed by atoms with E-state index in [-0.39, 0.29) is 0 Å². The Morgan fingerprint density at radius 1 is 1.57 bits per heavy atom. The Morgan fingerprint density at radius 2 is 2.29 bits per heavy atom. The Kier molecular flexibility index (Phi) is 3.66. The van der Waals surface area contributed by atoms with Crippen molar-refractivity contribution in [2.24, 2.45) is 0 Å². The molecule has 0 amide bonds. The van der Waals surface area contributed by atoms with Gasteiger partial charge in [-0.3, -0.25) is 0 Å². The maximum atomic E-state index is 12.9. The fourth-order valence-electron chi connectivity index (χ4n) is 0.954. The summed E-state index contributed by atoms with van der Waals surface area (Å²) in [5, 5.41) is 11.5. The number of anilines is 1. The summed E-state index contributed by atoms with van der Waals surface area (Å²) < 4.78 is 13.7. The van der Waals surface area contributed by atoms with Crippen LogP contribution in [-0.2, 0) is 0 Å². The topological polar surface area (TPSA) is 35.8 Å². The van der Waals surface area contributed by atoms with Crippen molar-refractivity contribution >= 4 is 21.6 Å². The van der Waals surface area contributed by atoms with Gasteiger partial charge in [0.05, 0.1) is 11.6 Å². The van der Waals surface area contributed by atoms with Crippen molar-refractivity contribution in [3.8, 4) is 6.07 Å². The van der Waals surface area contributed by atoms with Gasteiger partial charge in [-0.1, -0.05) is 22.5 Å². The zero-order chi connectivity index (χ0) is 10.6. The highest BCUT2D eigenvalue weighted by atomic mass is 79.9. The second-order valence-electron chi connectivity index (χ2n) is 2.71. The van der Waals surface area contributed by atoms with Crippen molar-refractivity contribution in [2.45, 2.75) is 0 Å². The molecule has 2 nitrogen and oxygen atoms in total. The zero-order valence-corrected chi connectivity index (χ0v) is 8.94. The van der Waals surface area contributed by atoms with Crippen LogP contribution in [0.4, 0.5) is 10.1 Å². The number of hydrogen-bond donors (Lipinski definition) is 1. The fourth-order valence-corrected chi connectivity index (χ4v) is 1.09. The third-order valence-electron chi connectivity index (χ3n) is 1.51. The minimum atomic E-state index is -0.424. The van der Waals surface area contributed by atoms with E-state index in [9.17, 15) is 4.39 Å². The normalized spacial score (nSPS) is 9.21. The molecule has 1 aromatic carbocycles. The van der Waals surface area contributed by atoms with Gasteiger partial charge in [0, 0.05) is 16.7 Å². The van der Waals surface area contributed by atoms with Gasteiger partial charge in [0.25, 0.3) is 0 Å². The molecule has 1 rings (SSSR count).